The number of aliphatic carboxylic acids is 1. The van der Waals surface area contributed by atoms with E-state index in [1.807, 2.05) is 12.1 Å². The third kappa shape index (κ3) is 2.51. The molecule has 1 heterocycles. The Bertz CT molecular complexity index is 477. The molecule has 20 heavy (non-hydrogen) atoms. The Morgan fingerprint density at radius 1 is 1.15 bits per heavy atom. The van der Waals surface area contributed by atoms with Gasteiger partial charge in [-0.25, -0.2) is 0 Å². The number of rotatable bonds is 5. The van der Waals surface area contributed by atoms with Gasteiger partial charge in [-0.05, 0) is 17.7 Å². The number of carboxylic acids is 1. The quantitative estimate of drug-likeness (QED) is 0.841. The van der Waals surface area contributed by atoms with E-state index < -0.39 is 11.9 Å². The molecule has 0 bridgehead atoms. The van der Waals surface area contributed by atoms with Crippen LogP contribution >= 0.6 is 0 Å². The van der Waals surface area contributed by atoms with Gasteiger partial charge >= 0.3 is 5.97 Å². The maximum Gasteiger partial charge on any atom is 0.308 e. The van der Waals surface area contributed by atoms with Crippen LogP contribution in [0.2, 0.25) is 0 Å². The van der Waals surface area contributed by atoms with E-state index in [9.17, 15) is 9.90 Å². The predicted molar refractivity (Wildman–Crippen MR) is 72.8 cm³/mol. The van der Waals surface area contributed by atoms with Gasteiger partial charge in [0.15, 0.2) is 11.5 Å². The Morgan fingerprint density at radius 3 is 2.20 bits per heavy atom. The molecule has 1 saturated heterocycles. The zero-order chi connectivity index (χ0) is 14.7. The molecule has 6 heteroatoms. The van der Waals surface area contributed by atoms with Crippen LogP contribution in [0.3, 0.4) is 0 Å². The maximum absolute atomic E-state index is 11.3. The fourth-order valence-electron chi connectivity index (χ4n) is 2.60. The molecule has 1 aromatic rings. The summed E-state index contributed by atoms with van der Waals surface area (Å²) < 4.78 is 15.9. The molecule has 1 fully saturated rings. The van der Waals surface area contributed by atoms with Crippen molar-refractivity contribution in [3.05, 3.63) is 17.7 Å². The van der Waals surface area contributed by atoms with Crippen LogP contribution in [-0.2, 0) is 4.79 Å². The molecule has 2 N–H and O–H groups in total. The fraction of sp³-hybridized carbons (Fsp3) is 0.500. The minimum Gasteiger partial charge on any atom is -0.493 e. The molecular weight excluding hydrogens is 262 g/mol. The average molecular weight is 281 g/mol. The molecule has 2 atom stereocenters. The van der Waals surface area contributed by atoms with E-state index in [0.29, 0.717) is 30.3 Å². The summed E-state index contributed by atoms with van der Waals surface area (Å²) in [5.74, 6) is 0.236. The number of carboxylic acid groups (broad SMARTS) is 1. The highest BCUT2D eigenvalue weighted by molar-refractivity contribution is 5.72. The minimum atomic E-state index is -0.797. The second-order valence-electron chi connectivity index (χ2n) is 4.67. The van der Waals surface area contributed by atoms with Crippen LogP contribution in [0.4, 0.5) is 0 Å². The van der Waals surface area contributed by atoms with E-state index in [1.165, 1.54) is 7.11 Å². The summed E-state index contributed by atoms with van der Waals surface area (Å²) in [5, 5.41) is 12.4. The van der Waals surface area contributed by atoms with E-state index in [4.69, 9.17) is 14.2 Å². The van der Waals surface area contributed by atoms with Gasteiger partial charge in [-0.15, -0.1) is 0 Å². The highest BCUT2D eigenvalue weighted by atomic mass is 16.5. The van der Waals surface area contributed by atoms with Gasteiger partial charge in [-0.3, -0.25) is 4.79 Å². The second-order valence-corrected chi connectivity index (χ2v) is 4.67. The molecular formula is C14H19NO5. The summed E-state index contributed by atoms with van der Waals surface area (Å²) in [6, 6.07) is 3.63. The van der Waals surface area contributed by atoms with Gasteiger partial charge in [0.05, 0.1) is 27.2 Å². The van der Waals surface area contributed by atoms with Crippen LogP contribution in [0.15, 0.2) is 12.1 Å². The van der Waals surface area contributed by atoms with Crippen molar-refractivity contribution in [1.82, 2.24) is 5.32 Å². The van der Waals surface area contributed by atoms with Crippen molar-refractivity contribution >= 4 is 5.97 Å². The lowest BCUT2D eigenvalue weighted by Crippen LogP contribution is -2.21. The minimum absolute atomic E-state index is 0.110. The molecule has 6 nitrogen and oxygen atoms in total. The number of benzene rings is 1. The predicted octanol–water partition coefficient (Wildman–Crippen LogP) is 1.10. The number of ether oxygens (including phenoxy) is 3. The molecule has 0 saturated carbocycles. The topological polar surface area (TPSA) is 77.0 Å². The Hall–Kier alpha value is -1.95. The summed E-state index contributed by atoms with van der Waals surface area (Å²) in [6.07, 6.45) is 0. The molecule has 0 radical (unpaired) electrons. The number of hydrogen-bond donors (Lipinski definition) is 2. The molecule has 1 aromatic carbocycles. The van der Waals surface area contributed by atoms with Gasteiger partial charge in [0.25, 0.3) is 0 Å². The van der Waals surface area contributed by atoms with Crippen molar-refractivity contribution in [2.24, 2.45) is 5.92 Å². The van der Waals surface area contributed by atoms with Crippen molar-refractivity contribution in [3.63, 3.8) is 0 Å². The average Bonchev–Trinajstić information content (AvgIpc) is 2.95. The van der Waals surface area contributed by atoms with Gasteiger partial charge in [0.2, 0.25) is 5.75 Å². The Morgan fingerprint density at radius 2 is 1.75 bits per heavy atom. The van der Waals surface area contributed by atoms with Crippen LogP contribution in [0, 0.1) is 5.92 Å². The Balaban J connectivity index is 2.44. The van der Waals surface area contributed by atoms with Gasteiger partial charge in [0, 0.05) is 19.0 Å². The van der Waals surface area contributed by atoms with Crippen LogP contribution in [0.5, 0.6) is 17.2 Å². The SMILES string of the molecule is COc1cc(C2CNCC2C(=O)O)cc(OC)c1OC. The third-order valence-electron chi connectivity index (χ3n) is 3.65. The lowest BCUT2D eigenvalue weighted by Gasteiger charge is -2.19. The molecule has 0 amide bonds. The lowest BCUT2D eigenvalue weighted by molar-refractivity contribution is -0.141. The van der Waals surface area contributed by atoms with E-state index in [0.717, 1.165) is 5.56 Å². The zero-order valence-corrected chi connectivity index (χ0v) is 11.8. The van der Waals surface area contributed by atoms with Gasteiger partial charge in [0.1, 0.15) is 0 Å². The van der Waals surface area contributed by atoms with Crippen LogP contribution < -0.4 is 19.5 Å². The van der Waals surface area contributed by atoms with Crippen LogP contribution in [0.1, 0.15) is 11.5 Å². The molecule has 0 aromatic heterocycles. The van der Waals surface area contributed by atoms with Crippen LogP contribution in [-0.4, -0.2) is 45.5 Å². The summed E-state index contributed by atoms with van der Waals surface area (Å²) >= 11 is 0. The molecule has 1 aliphatic rings. The van der Waals surface area contributed by atoms with Gasteiger partial charge < -0.3 is 24.6 Å². The van der Waals surface area contributed by atoms with Crippen molar-refractivity contribution in [3.8, 4) is 17.2 Å². The molecule has 0 aliphatic carbocycles. The van der Waals surface area contributed by atoms with Crippen LogP contribution in [0.25, 0.3) is 0 Å². The first-order valence-electron chi connectivity index (χ1n) is 6.35. The summed E-state index contributed by atoms with van der Waals surface area (Å²) in [5.41, 5.74) is 0.872. The van der Waals surface area contributed by atoms with E-state index in [-0.39, 0.29) is 5.92 Å². The first-order valence-corrected chi connectivity index (χ1v) is 6.35. The maximum atomic E-state index is 11.3. The van der Waals surface area contributed by atoms with Crippen molar-refractivity contribution in [2.75, 3.05) is 34.4 Å². The smallest absolute Gasteiger partial charge is 0.308 e. The highest BCUT2D eigenvalue weighted by Gasteiger charge is 2.35. The summed E-state index contributed by atoms with van der Waals surface area (Å²) in [4.78, 5) is 11.3. The van der Waals surface area contributed by atoms with Crippen molar-refractivity contribution in [2.45, 2.75) is 5.92 Å². The molecule has 2 rings (SSSR count). The number of nitrogens with one attached hydrogen (secondary N) is 1. The Labute approximate surface area is 117 Å². The van der Waals surface area contributed by atoms with E-state index in [1.54, 1.807) is 14.2 Å². The second kappa shape index (κ2) is 6.00. The monoisotopic (exact) mass is 281 g/mol. The largest absolute Gasteiger partial charge is 0.493 e. The zero-order valence-electron chi connectivity index (χ0n) is 11.8. The Kier molecular flexibility index (Phi) is 4.34. The summed E-state index contributed by atoms with van der Waals surface area (Å²) in [6.45, 7) is 1.09. The van der Waals surface area contributed by atoms with E-state index in [2.05, 4.69) is 5.32 Å². The molecule has 110 valence electrons. The number of hydrogen-bond acceptors (Lipinski definition) is 5. The third-order valence-corrected chi connectivity index (χ3v) is 3.65. The molecule has 2 unspecified atom stereocenters. The molecule has 1 aliphatic heterocycles. The summed E-state index contributed by atoms with van der Waals surface area (Å²) in [7, 11) is 4.63. The normalized spacial score (nSPS) is 21.6. The lowest BCUT2D eigenvalue weighted by atomic mass is 9.88. The molecule has 0 spiro atoms. The number of carbonyl (C=O) groups is 1. The van der Waals surface area contributed by atoms with Crippen molar-refractivity contribution in [1.29, 1.82) is 0 Å². The number of methoxy groups -OCH3 is 3. The first-order chi connectivity index (χ1) is 9.62. The van der Waals surface area contributed by atoms with Gasteiger partial charge in [-0.1, -0.05) is 0 Å². The van der Waals surface area contributed by atoms with Gasteiger partial charge in [-0.2, -0.15) is 0 Å². The first kappa shape index (κ1) is 14.5. The fourth-order valence-corrected chi connectivity index (χ4v) is 2.60. The highest BCUT2D eigenvalue weighted by Crippen LogP contribution is 2.42. The standard InChI is InChI=1S/C14H19NO5/c1-18-11-4-8(5-12(19-2)13(11)20-3)9-6-15-7-10(9)14(16)17/h4-5,9-10,15H,6-7H2,1-3H3,(H,16,17). The van der Waals surface area contributed by atoms with Crippen molar-refractivity contribution < 1.29 is 24.1 Å². The van der Waals surface area contributed by atoms with E-state index >= 15 is 0 Å².